The number of benzene rings is 2. The third kappa shape index (κ3) is 3.24. The summed E-state index contributed by atoms with van der Waals surface area (Å²) in [6, 6.07) is 9.28. The molecule has 0 amide bonds. The van der Waals surface area contributed by atoms with Crippen LogP contribution in [0.15, 0.2) is 51.8 Å². The fourth-order valence-corrected chi connectivity index (χ4v) is 2.71. The van der Waals surface area contributed by atoms with Crippen LogP contribution in [-0.2, 0) is 10.0 Å². The number of phenolic OH excluding ortho intramolecular Hbond substituents is 1. The fraction of sp³-hybridized carbons (Fsp3) is 0. The van der Waals surface area contributed by atoms with Crippen molar-refractivity contribution in [2.45, 2.75) is 4.90 Å². The summed E-state index contributed by atoms with van der Waals surface area (Å²) in [5.41, 5.74) is 0.0400. The summed E-state index contributed by atoms with van der Waals surface area (Å²) in [7, 11) is -3.78. The first-order valence-electron chi connectivity index (χ1n) is 5.15. The lowest BCUT2D eigenvalue weighted by atomic mass is 10.3. The molecular formula is C12H9BrFNO3S. The van der Waals surface area contributed by atoms with E-state index in [0.717, 1.165) is 16.6 Å². The van der Waals surface area contributed by atoms with E-state index < -0.39 is 21.6 Å². The van der Waals surface area contributed by atoms with Gasteiger partial charge in [-0.3, -0.25) is 4.72 Å². The molecule has 0 aromatic heterocycles. The van der Waals surface area contributed by atoms with Gasteiger partial charge >= 0.3 is 0 Å². The standard InChI is InChI=1S/C12H9BrFNO3S/c13-8-1-4-10(5-2-8)19(17,18)15-9-3-6-12(16)11(14)7-9/h1-7,15-16H. The van der Waals surface area contributed by atoms with Crippen molar-refractivity contribution in [3.05, 3.63) is 52.8 Å². The number of hydrogen-bond donors (Lipinski definition) is 2. The molecule has 2 rings (SSSR count). The van der Waals surface area contributed by atoms with Crippen molar-refractivity contribution < 1.29 is 17.9 Å². The molecule has 0 saturated carbocycles. The monoisotopic (exact) mass is 345 g/mol. The van der Waals surface area contributed by atoms with Crippen molar-refractivity contribution in [2.75, 3.05) is 4.72 Å². The van der Waals surface area contributed by atoms with Gasteiger partial charge in [-0.05, 0) is 36.4 Å². The van der Waals surface area contributed by atoms with E-state index in [-0.39, 0.29) is 10.6 Å². The van der Waals surface area contributed by atoms with Gasteiger partial charge in [0.25, 0.3) is 10.0 Å². The van der Waals surface area contributed by atoms with E-state index in [0.29, 0.717) is 0 Å². The molecule has 0 aliphatic rings. The number of anilines is 1. The normalized spacial score (nSPS) is 11.3. The highest BCUT2D eigenvalue weighted by molar-refractivity contribution is 9.10. The molecule has 0 unspecified atom stereocenters. The van der Waals surface area contributed by atoms with Crippen molar-refractivity contribution in [1.82, 2.24) is 0 Å². The summed E-state index contributed by atoms with van der Waals surface area (Å²) in [6.07, 6.45) is 0. The molecule has 19 heavy (non-hydrogen) atoms. The van der Waals surface area contributed by atoms with Gasteiger partial charge in [-0.1, -0.05) is 15.9 Å². The summed E-state index contributed by atoms with van der Waals surface area (Å²) < 4.78 is 40.1. The highest BCUT2D eigenvalue weighted by Crippen LogP contribution is 2.22. The maximum absolute atomic E-state index is 13.1. The van der Waals surface area contributed by atoms with Gasteiger partial charge in [0.15, 0.2) is 11.6 Å². The summed E-state index contributed by atoms with van der Waals surface area (Å²) in [4.78, 5) is 0.0594. The van der Waals surface area contributed by atoms with E-state index in [1.165, 1.54) is 18.2 Å². The maximum atomic E-state index is 13.1. The molecule has 0 aliphatic heterocycles. The lowest BCUT2D eigenvalue weighted by Crippen LogP contribution is -2.12. The van der Waals surface area contributed by atoms with Crippen molar-refractivity contribution in [3.8, 4) is 5.75 Å². The van der Waals surface area contributed by atoms with Crippen molar-refractivity contribution in [1.29, 1.82) is 0 Å². The van der Waals surface area contributed by atoms with Crippen LogP contribution in [0.2, 0.25) is 0 Å². The molecule has 0 saturated heterocycles. The first-order valence-corrected chi connectivity index (χ1v) is 7.43. The van der Waals surface area contributed by atoms with Gasteiger partial charge in [-0.15, -0.1) is 0 Å². The summed E-state index contributed by atoms with van der Waals surface area (Å²) in [5, 5.41) is 9.03. The molecule has 0 heterocycles. The van der Waals surface area contributed by atoms with Crippen LogP contribution in [0.5, 0.6) is 5.75 Å². The Morgan fingerprint density at radius 2 is 1.74 bits per heavy atom. The quantitative estimate of drug-likeness (QED) is 0.840. The Kier molecular flexibility index (Phi) is 3.77. The average Bonchev–Trinajstić information content (AvgIpc) is 2.34. The predicted molar refractivity (Wildman–Crippen MR) is 73.0 cm³/mol. The topological polar surface area (TPSA) is 66.4 Å². The number of hydrogen-bond acceptors (Lipinski definition) is 3. The van der Waals surface area contributed by atoms with Crippen LogP contribution in [-0.4, -0.2) is 13.5 Å². The molecule has 0 fully saturated rings. The largest absolute Gasteiger partial charge is 0.505 e. The average molecular weight is 346 g/mol. The first-order chi connectivity index (χ1) is 8.88. The fourth-order valence-electron chi connectivity index (χ4n) is 1.40. The van der Waals surface area contributed by atoms with Crippen LogP contribution in [0.4, 0.5) is 10.1 Å². The Bertz CT molecular complexity index is 701. The second-order valence-electron chi connectivity index (χ2n) is 3.73. The Morgan fingerprint density at radius 3 is 2.32 bits per heavy atom. The summed E-state index contributed by atoms with van der Waals surface area (Å²) >= 11 is 3.20. The lowest BCUT2D eigenvalue weighted by molar-refractivity contribution is 0.432. The Hall–Kier alpha value is -1.60. The molecule has 7 heteroatoms. The van der Waals surface area contributed by atoms with Gasteiger partial charge in [0.1, 0.15) is 0 Å². The Balaban J connectivity index is 2.30. The Labute approximate surface area is 118 Å². The van der Waals surface area contributed by atoms with E-state index in [1.807, 2.05) is 0 Å². The van der Waals surface area contributed by atoms with E-state index in [1.54, 1.807) is 12.1 Å². The summed E-state index contributed by atoms with van der Waals surface area (Å²) in [6.45, 7) is 0. The van der Waals surface area contributed by atoms with Crippen LogP contribution in [0.25, 0.3) is 0 Å². The zero-order valence-corrected chi connectivity index (χ0v) is 11.9. The number of halogens is 2. The number of nitrogens with one attached hydrogen (secondary N) is 1. The smallest absolute Gasteiger partial charge is 0.261 e. The minimum absolute atomic E-state index is 0.0400. The zero-order chi connectivity index (χ0) is 14.0. The summed E-state index contributed by atoms with van der Waals surface area (Å²) in [5.74, 6) is -1.43. The number of rotatable bonds is 3. The number of phenols is 1. The lowest BCUT2D eigenvalue weighted by Gasteiger charge is -2.08. The van der Waals surface area contributed by atoms with E-state index in [9.17, 15) is 12.8 Å². The molecule has 4 nitrogen and oxygen atoms in total. The third-order valence-corrected chi connectivity index (χ3v) is 4.25. The second kappa shape index (κ2) is 5.18. The van der Waals surface area contributed by atoms with Gasteiger partial charge in [-0.25, -0.2) is 12.8 Å². The molecular weight excluding hydrogens is 337 g/mol. The van der Waals surface area contributed by atoms with Crippen LogP contribution in [0, 0.1) is 5.82 Å². The molecule has 0 bridgehead atoms. The van der Waals surface area contributed by atoms with Gasteiger partial charge in [0.2, 0.25) is 0 Å². The van der Waals surface area contributed by atoms with Crippen LogP contribution in [0.1, 0.15) is 0 Å². The number of aromatic hydroxyl groups is 1. The maximum Gasteiger partial charge on any atom is 0.261 e. The molecule has 0 spiro atoms. The molecule has 2 N–H and O–H groups in total. The molecule has 0 radical (unpaired) electrons. The van der Waals surface area contributed by atoms with E-state index in [2.05, 4.69) is 20.7 Å². The Morgan fingerprint density at radius 1 is 1.11 bits per heavy atom. The van der Waals surface area contributed by atoms with Gasteiger partial charge in [0, 0.05) is 10.5 Å². The van der Waals surface area contributed by atoms with Crippen LogP contribution < -0.4 is 4.72 Å². The molecule has 0 aliphatic carbocycles. The molecule has 2 aromatic rings. The third-order valence-electron chi connectivity index (χ3n) is 2.32. The SMILES string of the molecule is O=S(=O)(Nc1ccc(O)c(F)c1)c1ccc(Br)cc1. The highest BCUT2D eigenvalue weighted by Gasteiger charge is 2.14. The minimum atomic E-state index is -3.78. The number of sulfonamides is 1. The molecule has 0 atom stereocenters. The van der Waals surface area contributed by atoms with E-state index in [4.69, 9.17) is 5.11 Å². The molecule has 100 valence electrons. The first kappa shape index (κ1) is 13.8. The second-order valence-corrected chi connectivity index (χ2v) is 6.32. The zero-order valence-electron chi connectivity index (χ0n) is 9.47. The van der Waals surface area contributed by atoms with Gasteiger partial charge < -0.3 is 5.11 Å². The van der Waals surface area contributed by atoms with Crippen LogP contribution in [0.3, 0.4) is 0 Å². The predicted octanol–water partition coefficient (Wildman–Crippen LogP) is 3.09. The van der Waals surface area contributed by atoms with Crippen LogP contribution >= 0.6 is 15.9 Å². The van der Waals surface area contributed by atoms with Crippen molar-refractivity contribution in [2.24, 2.45) is 0 Å². The van der Waals surface area contributed by atoms with Gasteiger partial charge in [0.05, 0.1) is 10.6 Å². The molecule has 2 aromatic carbocycles. The van der Waals surface area contributed by atoms with E-state index >= 15 is 0 Å². The van der Waals surface area contributed by atoms with Gasteiger partial charge in [-0.2, -0.15) is 0 Å². The van der Waals surface area contributed by atoms with Crippen molar-refractivity contribution in [3.63, 3.8) is 0 Å². The highest BCUT2D eigenvalue weighted by atomic mass is 79.9. The van der Waals surface area contributed by atoms with Crippen molar-refractivity contribution >= 4 is 31.6 Å². The minimum Gasteiger partial charge on any atom is -0.505 e.